The average molecular weight is 281 g/mol. The molecule has 0 atom stereocenters. The first-order valence-corrected chi connectivity index (χ1v) is 6.32. The van der Waals surface area contributed by atoms with Crippen molar-refractivity contribution in [1.29, 1.82) is 5.26 Å². The molecule has 0 saturated carbocycles. The molecule has 0 aliphatic carbocycles. The zero-order valence-corrected chi connectivity index (χ0v) is 11.4. The lowest BCUT2D eigenvalue weighted by Gasteiger charge is -2.22. The number of primary amides is 1. The Morgan fingerprint density at radius 2 is 2.14 bits per heavy atom. The van der Waals surface area contributed by atoms with Gasteiger partial charge in [-0.25, -0.2) is 4.98 Å². The van der Waals surface area contributed by atoms with Crippen LogP contribution < -0.4 is 16.4 Å². The van der Waals surface area contributed by atoms with Gasteiger partial charge in [0.1, 0.15) is 11.9 Å². The van der Waals surface area contributed by atoms with Crippen LogP contribution in [0.5, 0.6) is 0 Å². The van der Waals surface area contributed by atoms with Gasteiger partial charge in [-0.05, 0) is 29.8 Å². The maximum Gasteiger partial charge on any atom is 0.237 e. The van der Waals surface area contributed by atoms with Crippen LogP contribution in [0.1, 0.15) is 11.1 Å². The van der Waals surface area contributed by atoms with Crippen LogP contribution in [0.15, 0.2) is 42.6 Å². The standard InChI is InChI=1S/C15H15N5O/c16-7-12-4-5-15(19-8-12)20(10-14(18)21)9-11-2-1-3-13(17)6-11/h1-6,8H,9-10,17H2,(H2,18,21). The number of carbonyl (C=O) groups excluding carboxylic acids is 1. The van der Waals surface area contributed by atoms with E-state index >= 15 is 0 Å². The van der Waals surface area contributed by atoms with Crippen LogP contribution in [0.25, 0.3) is 0 Å². The fourth-order valence-corrected chi connectivity index (χ4v) is 1.96. The Hall–Kier alpha value is -3.07. The highest BCUT2D eigenvalue weighted by Crippen LogP contribution is 2.16. The second kappa shape index (κ2) is 6.39. The summed E-state index contributed by atoms with van der Waals surface area (Å²) in [7, 11) is 0. The van der Waals surface area contributed by atoms with E-state index in [1.807, 2.05) is 24.3 Å². The molecular formula is C15H15N5O. The number of nitrogens with zero attached hydrogens (tertiary/aromatic N) is 3. The summed E-state index contributed by atoms with van der Waals surface area (Å²) in [5, 5.41) is 8.79. The van der Waals surface area contributed by atoms with Gasteiger partial charge in [-0.15, -0.1) is 0 Å². The summed E-state index contributed by atoms with van der Waals surface area (Å²) in [5.74, 6) is 0.125. The van der Waals surface area contributed by atoms with Gasteiger partial charge in [0, 0.05) is 18.4 Å². The lowest BCUT2D eigenvalue weighted by atomic mass is 10.2. The molecule has 1 aromatic heterocycles. The molecule has 6 nitrogen and oxygen atoms in total. The Morgan fingerprint density at radius 1 is 1.33 bits per heavy atom. The van der Waals surface area contributed by atoms with Crippen LogP contribution in [0.3, 0.4) is 0 Å². The smallest absolute Gasteiger partial charge is 0.237 e. The maximum absolute atomic E-state index is 11.2. The van der Waals surface area contributed by atoms with Crippen molar-refractivity contribution >= 4 is 17.4 Å². The van der Waals surface area contributed by atoms with Crippen molar-refractivity contribution in [2.45, 2.75) is 6.54 Å². The molecule has 0 spiro atoms. The van der Waals surface area contributed by atoms with Crippen molar-refractivity contribution in [3.63, 3.8) is 0 Å². The minimum absolute atomic E-state index is 0.0354. The zero-order chi connectivity index (χ0) is 15.2. The minimum atomic E-state index is -0.454. The normalized spacial score (nSPS) is 9.86. The molecule has 0 saturated heterocycles. The second-order valence-corrected chi connectivity index (χ2v) is 4.58. The molecule has 2 aromatic rings. The maximum atomic E-state index is 11.2. The number of nitrogens with two attached hydrogens (primary N) is 2. The molecule has 0 bridgehead atoms. The van der Waals surface area contributed by atoms with E-state index in [1.165, 1.54) is 6.20 Å². The Kier molecular flexibility index (Phi) is 4.36. The van der Waals surface area contributed by atoms with Gasteiger partial charge in [0.05, 0.1) is 12.1 Å². The summed E-state index contributed by atoms with van der Waals surface area (Å²) in [4.78, 5) is 17.2. The number of amides is 1. The van der Waals surface area contributed by atoms with Gasteiger partial charge in [0.2, 0.25) is 5.91 Å². The van der Waals surface area contributed by atoms with Crippen molar-refractivity contribution in [3.05, 3.63) is 53.7 Å². The summed E-state index contributed by atoms with van der Waals surface area (Å²) in [6.45, 7) is 0.487. The number of carbonyl (C=O) groups is 1. The van der Waals surface area contributed by atoms with Gasteiger partial charge >= 0.3 is 0 Å². The summed E-state index contributed by atoms with van der Waals surface area (Å²) < 4.78 is 0. The Balaban J connectivity index is 2.25. The molecule has 106 valence electrons. The number of nitriles is 1. The minimum Gasteiger partial charge on any atom is -0.399 e. The van der Waals surface area contributed by atoms with E-state index in [1.54, 1.807) is 23.1 Å². The number of aromatic nitrogens is 1. The highest BCUT2D eigenvalue weighted by atomic mass is 16.1. The summed E-state index contributed by atoms with van der Waals surface area (Å²) >= 11 is 0. The van der Waals surface area contributed by atoms with Gasteiger partial charge in [0.15, 0.2) is 0 Å². The average Bonchev–Trinajstić information content (AvgIpc) is 2.46. The summed E-state index contributed by atoms with van der Waals surface area (Å²) in [6.07, 6.45) is 1.46. The topological polar surface area (TPSA) is 109 Å². The van der Waals surface area contributed by atoms with Gasteiger partial charge in [0.25, 0.3) is 0 Å². The number of hydrogen-bond donors (Lipinski definition) is 2. The molecule has 0 aliphatic heterocycles. The third-order valence-electron chi connectivity index (χ3n) is 2.87. The van der Waals surface area contributed by atoms with E-state index in [4.69, 9.17) is 16.7 Å². The number of anilines is 2. The third-order valence-corrected chi connectivity index (χ3v) is 2.87. The molecule has 4 N–H and O–H groups in total. The molecule has 2 rings (SSSR count). The first-order valence-electron chi connectivity index (χ1n) is 6.32. The number of pyridine rings is 1. The van der Waals surface area contributed by atoms with Crippen LogP contribution in [0.2, 0.25) is 0 Å². The van der Waals surface area contributed by atoms with E-state index in [9.17, 15) is 4.79 Å². The molecule has 21 heavy (non-hydrogen) atoms. The summed E-state index contributed by atoms with van der Waals surface area (Å²) in [5.41, 5.74) is 13.1. The van der Waals surface area contributed by atoms with Crippen LogP contribution in [0.4, 0.5) is 11.5 Å². The van der Waals surface area contributed by atoms with E-state index < -0.39 is 5.91 Å². The van der Waals surface area contributed by atoms with Crippen molar-refractivity contribution in [3.8, 4) is 6.07 Å². The summed E-state index contributed by atoms with van der Waals surface area (Å²) in [6, 6.07) is 12.7. The fraction of sp³-hybridized carbons (Fsp3) is 0.133. The van der Waals surface area contributed by atoms with Crippen LogP contribution in [-0.4, -0.2) is 17.4 Å². The van der Waals surface area contributed by atoms with Gasteiger partial charge in [-0.2, -0.15) is 5.26 Å². The molecule has 0 radical (unpaired) electrons. The molecule has 0 aliphatic rings. The quantitative estimate of drug-likeness (QED) is 0.795. The van der Waals surface area contributed by atoms with Crippen LogP contribution >= 0.6 is 0 Å². The number of nitrogen functional groups attached to an aromatic ring is 1. The lowest BCUT2D eigenvalue weighted by molar-refractivity contribution is -0.116. The molecule has 6 heteroatoms. The largest absolute Gasteiger partial charge is 0.399 e. The predicted octanol–water partition coefficient (Wildman–Crippen LogP) is 1.03. The van der Waals surface area contributed by atoms with Crippen molar-refractivity contribution < 1.29 is 4.79 Å². The Labute approximate surface area is 122 Å². The molecule has 1 heterocycles. The predicted molar refractivity (Wildman–Crippen MR) is 80.1 cm³/mol. The van der Waals surface area contributed by atoms with Crippen molar-refractivity contribution in [2.75, 3.05) is 17.2 Å². The molecular weight excluding hydrogens is 266 g/mol. The first kappa shape index (κ1) is 14.3. The Morgan fingerprint density at radius 3 is 2.71 bits per heavy atom. The number of rotatable bonds is 5. The molecule has 1 aromatic carbocycles. The molecule has 1 amide bonds. The van der Waals surface area contributed by atoms with Crippen LogP contribution in [-0.2, 0) is 11.3 Å². The van der Waals surface area contributed by atoms with Gasteiger partial charge in [-0.1, -0.05) is 12.1 Å². The van der Waals surface area contributed by atoms with E-state index in [0.717, 1.165) is 5.56 Å². The molecule has 0 unspecified atom stereocenters. The van der Waals surface area contributed by atoms with E-state index in [-0.39, 0.29) is 6.54 Å². The van der Waals surface area contributed by atoms with E-state index in [0.29, 0.717) is 23.6 Å². The van der Waals surface area contributed by atoms with Crippen LogP contribution in [0, 0.1) is 11.3 Å². The third kappa shape index (κ3) is 3.94. The van der Waals surface area contributed by atoms with Crippen molar-refractivity contribution in [2.24, 2.45) is 5.73 Å². The molecule has 0 fully saturated rings. The van der Waals surface area contributed by atoms with Gasteiger partial charge in [-0.3, -0.25) is 4.79 Å². The first-order chi connectivity index (χ1) is 10.1. The van der Waals surface area contributed by atoms with Crippen molar-refractivity contribution in [1.82, 2.24) is 4.98 Å². The number of benzene rings is 1. The Bertz CT molecular complexity index is 675. The monoisotopic (exact) mass is 281 g/mol. The fourth-order valence-electron chi connectivity index (χ4n) is 1.96. The SMILES string of the molecule is N#Cc1ccc(N(CC(N)=O)Cc2cccc(N)c2)nc1. The zero-order valence-electron chi connectivity index (χ0n) is 11.4. The number of hydrogen-bond acceptors (Lipinski definition) is 5. The van der Waals surface area contributed by atoms with E-state index in [2.05, 4.69) is 4.98 Å². The highest BCUT2D eigenvalue weighted by Gasteiger charge is 2.12. The second-order valence-electron chi connectivity index (χ2n) is 4.58. The highest BCUT2D eigenvalue weighted by molar-refractivity contribution is 5.79. The van der Waals surface area contributed by atoms with Gasteiger partial charge < -0.3 is 16.4 Å². The lowest BCUT2D eigenvalue weighted by Crippen LogP contribution is -2.33.